The number of hydrogen-bond donors (Lipinski definition) is 3. The number of amidine groups is 1. The summed E-state index contributed by atoms with van der Waals surface area (Å²) in [6.45, 7) is 0. The van der Waals surface area contributed by atoms with E-state index in [1.807, 2.05) is 0 Å². The Balaban J connectivity index is 1.91. The molecule has 0 saturated carbocycles. The summed E-state index contributed by atoms with van der Waals surface area (Å²) in [5.41, 5.74) is 8.63. The Labute approximate surface area is 171 Å². The van der Waals surface area contributed by atoms with Gasteiger partial charge >= 0.3 is 0 Å². The second kappa shape index (κ2) is 9.11. The summed E-state index contributed by atoms with van der Waals surface area (Å²) < 4.78 is 0. The minimum Gasteiger partial charge on any atom is -0.385 e. The largest absolute Gasteiger partial charge is 0.385 e. The van der Waals surface area contributed by atoms with Crippen LogP contribution in [0.25, 0.3) is 0 Å². The number of anilines is 2. The molecule has 0 radical (unpaired) electrons. The lowest BCUT2D eigenvalue weighted by molar-refractivity contribution is -0.120. The van der Waals surface area contributed by atoms with Crippen molar-refractivity contribution in [2.24, 2.45) is 21.9 Å². The topological polar surface area (TPSA) is 153 Å². The number of para-hydroxylation sites is 2. The normalized spacial score (nSPS) is 15.9. The third-order valence-electron chi connectivity index (χ3n) is 4.05. The number of hydrazone groups is 2. The molecule has 150 valence electrons. The van der Waals surface area contributed by atoms with Gasteiger partial charge in [-0.3, -0.25) is 14.4 Å². The van der Waals surface area contributed by atoms with Gasteiger partial charge in [-0.1, -0.05) is 36.4 Å². The summed E-state index contributed by atoms with van der Waals surface area (Å²) in [5, 5.41) is 20.1. The van der Waals surface area contributed by atoms with E-state index >= 15 is 0 Å². The quantitative estimate of drug-likeness (QED) is 0.484. The number of carbonyl (C=O) groups excluding carboxylic acids is 3. The molecule has 0 bridgehead atoms. The molecule has 0 aromatic heterocycles. The number of carbonyl (C=O) groups is 3. The molecule has 0 spiro atoms. The fraction of sp³-hybridized carbons (Fsp3) is 0.100. The molecule has 2 aromatic carbocycles. The van der Waals surface area contributed by atoms with Crippen molar-refractivity contribution in [1.29, 1.82) is 5.26 Å². The van der Waals surface area contributed by atoms with Gasteiger partial charge in [0.2, 0.25) is 0 Å². The van der Waals surface area contributed by atoms with Crippen LogP contribution in [0, 0.1) is 17.2 Å². The molecule has 1 atom stereocenters. The van der Waals surface area contributed by atoms with Crippen LogP contribution in [0.15, 0.2) is 70.9 Å². The smallest absolute Gasteiger partial charge is 0.273 e. The maximum Gasteiger partial charge on any atom is 0.273 e. The van der Waals surface area contributed by atoms with Crippen molar-refractivity contribution in [2.75, 3.05) is 10.3 Å². The van der Waals surface area contributed by atoms with Gasteiger partial charge < -0.3 is 11.1 Å². The number of rotatable bonds is 6. The second-order valence-corrected chi connectivity index (χ2v) is 6.13. The predicted molar refractivity (Wildman–Crippen MR) is 110 cm³/mol. The molecule has 1 aliphatic heterocycles. The van der Waals surface area contributed by atoms with E-state index in [-0.39, 0.29) is 11.5 Å². The molecule has 30 heavy (non-hydrogen) atoms. The first-order chi connectivity index (χ1) is 14.5. The van der Waals surface area contributed by atoms with Gasteiger partial charge in [-0.2, -0.15) is 20.5 Å². The van der Waals surface area contributed by atoms with E-state index in [4.69, 9.17) is 11.0 Å². The van der Waals surface area contributed by atoms with Crippen LogP contribution in [0.1, 0.15) is 6.42 Å². The van der Waals surface area contributed by atoms with Crippen molar-refractivity contribution in [1.82, 2.24) is 5.43 Å². The molecule has 3 amide bonds. The zero-order chi connectivity index (χ0) is 21.5. The summed E-state index contributed by atoms with van der Waals surface area (Å²) >= 11 is 0. The van der Waals surface area contributed by atoms with Crippen molar-refractivity contribution in [3.8, 4) is 6.07 Å². The first kappa shape index (κ1) is 20.2. The first-order valence-electron chi connectivity index (χ1n) is 8.84. The van der Waals surface area contributed by atoms with Crippen molar-refractivity contribution in [3.05, 3.63) is 60.7 Å². The number of nitrogens with zero attached hydrogens (tertiary/aromatic N) is 4. The Hall–Kier alpha value is -4.52. The molecule has 1 unspecified atom stereocenters. The van der Waals surface area contributed by atoms with E-state index in [9.17, 15) is 14.4 Å². The molecule has 2 aromatic rings. The predicted octanol–water partition coefficient (Wildman–Crippen LogP) is 0.946. The van der Waals surface area contributed by atoms with Crippen LogP contribution in [0.4, 0.5) is 11.4 Å². The molecule has 1 heterocycles. The summed E-state index contributed by atoms with van der Waals surface area (Å²) in [7, 11) is 0. The maximum atomic E-state index is 13.0. The first-order valence-corrected chi connectivity index (χ1v) is 8.84. The molecule has 10 heteroatoms. The van der Waals surface area contributed by atoms with Crippen LogP contribution in [0.2, 0.25) is 0 Å². The summed E-state index contributed by atoms with van der Waals surface area (Å²) in [6.07, 6.45) is -0.463. The fourth-order valence-electron chi connectivity index (χ4n) is 2.68. The summed E-state index contributed by atoms with van der Waals surface area (Å²) in [4.78, 5) is 37.5. The zero-order valence-electron chi connectivity index (χ0n) is 15.6. The van der Waals surface area contributed by atoms with Crippen LogP contribution in [-0.2, 0) is 14.4 Å². The van der Waals surface area contributed by atoms with Crippen molar-refractivity contribution < 1.29 is 14.4 Å². The Morgan fingerprint density at radius 2 is 1.77 bits per heavy atom. The molecule has 1 aliphatic rings. The Bertz CT molecular complexity index is 1060. The van der Waals surface area contributed by atoms with Crippen LogP contribution >= 0.6 is 0 Å². The van der Waals surface area contributed by atoms with E-state index in [1.165, 1.54) is 0 Å². The number of nitrogens with two attached hydrogens (primary N) is 1. The molecular weight excluding hydrogens is 386 g/mol. The highest BCUT2D eigenvalue weighted by Gasteiger charge is 2.42. The van der Waals surface area contributed by atoms with E-state index in [0.29, 0.717) is 11.4 Å². The highest BCUT2D eigenvalue weighted by Crippen LogP contribution is 2.23. The van der Waals surface area contributed by atoms with Gasteiger partial charge in [0.05, 0.1) is 11.8 Å². The summed E-state index contributed by atoms with van der Waals surface area (Å²) in [6, 6.07) is 18.7. The average Bonchev–Trinajstić information content (AvgIpc) is 3.04. The molecule has 4 N–H and O–H groups in total. The standard InChI is InChI=1S/C20H17N7O3/c21-12-11-15(28)24-25-17(19(29)23-13-7-3-1-4-8-13)16-18(22)26-27(20(16)30)14-9-5-2-6-10-14/h1-10,16H,11H2,(H2,22,26)(H,23,29)(H,24,28)/b25-17-. The maximum absolute atomic E-state index is 13.0. The van der Waals surface area contributed by atoms with Gasteiger partial charge in [-0.05, 0) is 24.3 Å². The minimum absolute atomic E-state index is 0.152. The van der Waals surface area contributed by atoms with Crippen LogP contribution in [0.3, 0.4) is 0 Å². The molecule has 3 rings (SSSR count). The van der Waals surface area contributed by atoms with Crippen molar-refractivity contribution in [3.63, 3.8) is 0 Å². The number of benzene rings is 2. The van der Waals surface area contributed by atoms with E-state index < -0.39 is 30.1 Å². The van der Waals surface area contributed by atoms with Crippen molar-refractivity contribution in [2.45, 2.75) is 6.42 Å². The Kier molecular flexibility index (Phi) is 6.14. The van der Waals surface area contributed by atoms with Crippen LogP contribution in [-0.4, -0.2) is 29.3 Å². The minimum atomic E-state index is -1.31. The summed E-state index contributed by atoms with van der Waals surface area (Å²) in [5.74, 6) is -3.54. The van der Waals surface area contributed by atoms with Crippen LogP contribution in [0.5, 0.6) is 0 Å². The van der Waals surface area contributed by atoms with E-state index in [1.54, 1.807) is 66.7 Å². The lowest BCUT2D eigenvalue weighted by Gasteiger charge is -2.15. The highest BCUT2D eigenvalue weighted by atomic mass is 16.2. The highest BCUT2D eigenvalue weighted by molar-refractivity contribution is 6.52. The number of nitriles is 1. The third-order valence-corrected chi connectivity index (χ3v) is 4.05. The molecular formula is C20H17N7O3. The van der Waals surface area contributed by atoms with Gasteiger partial charge in [-0.15, -0.1) is 0 Å². The average molecular weight is 403 g/mol. The lowest BCUT2D eigenvalue weighted by atomic mass is 10.0. The van der Waals surface area contributed by atoms with E-state index in [2.05, 4.69) is 20.9 Å². The lowest BCUT2D eigenvalue weighted by Crippen LogP contribution is -2.43. The Morgan fingerprint density at radius 3 is 2.40 bits per heavy atom. The van der Waals surface area contributed by atoms with Gasteiger partial charge in [0.15, 0.2) is 0 Å². The monoisotopic (exact) mass is 403 g/mol. The van der Waals surface area contributed by atoms with Gasteiger partial charge in [0, 0.05) is 5.69 Å². The molecule has 0 saturated heterocycles. The SMILES string of the molecule is N#CCC(=O)N/N=C(\C(=O)Nc1ccccc1)C1C(=O)N(c2ccccc2)N=C1N. The number of amides is 3. The fourth-order valence-corrected chi connectivity index (χ4v) is 2.68. The van der Waals surface area contributed by atoms with Crippen molar-refractivity contribution >= 4 is 40.6 Å². The Morgan fingerprint density at radius 1 is 1.13 bits per heavy atom. The van der Waals surface area contributed by atoms with Crippen LogP contribution < -0.4 is 21.5 Å². The number of hydrogen-bond acceptors (Lipinski definition) is 7. The van der Waals surface area contributed by atoms with Gasteiger partial charge in [0.25, 0.3) is 17.7 Å². The second-order valence-electron chi connectivity index (χ2n) is 6.13. The zero-order valence-corrected chi connectivity index (χ0v) is 15.6. The van der Waals surface area contributed by atoms with E-state index in [0.717, 1.165) is 5.01 Å². The van der Waals surface area contributed by atoms with Gasteiger partial charge in [0.1, 0.15) is 23.9 Å². The number of nitrogens with one attached hydrogen (secondary N) is 2. The molecule has 0 fully saturated rings. The molecule has 0 aliphatic carbocycles. The van der Waals surface area contributed by atoms with Gasteiger partial charge in [-0.25, -0.2) is 5.43 Å². The third kappa shape index (κ3) is 4.48. The molecule has 10 nitrogen and oxygen atoms in total.